The van der Waals surface area contributed by atoms with Crippen molar-refractivity contribution >= 4 is 23.2 Å². The lowest BCUT2D eigenvalue weighted by molar-refractivity contribution is 0.0995. The molecule has 0 saturated carbocycles. The molecule has 112 valence electrons. The van der Waals surface area contributed by atoms with Crippen molar-refractivity contribution in [1.29, 1.82) is 0 Å². The van der Waals surface area contributed by atoms with Gasteiger partial charge in [-0.05, 0) is 30.5 Å². The van der Waals surface area contributed by atoms with Gasteiger partial charge in [0.2, 0.25) is 0 Å². The summed E-state index contributed by atoms with van der Waals surface area (Å²) in [6.45, 7) is 0. The third-order valence-electron chi connectivity index (χ3n) is 3.35. The van der Waals surface area contributed by atoms with Gasteiger partial charge in [-0.25, -0.2) is 9.50 Å². The number of benzene rings is 1. The Labute approximate surface area is 130 Å². The molecule has 0 radical (unpaired) electrons. The largest absolute Gasteiger partial charge is 0.364 e. The number of nitrogens with two attached hydrogens (primary N) is 1. The van der Waals surface area contributed by atoms with Gasteiger partial charge in [0.15, 0.2) is 5.65 Å². The SMILES string of the molecule is NC(=O)c1cc2nc(CCc3ccc(Cl)cc3)cc(=O)n2[nH]1. The second kappa shape index (κ2) is 5.65. The lowest BCUT2D eigenvalue weighted by Crippen LogP contribution is -2.17. The predicted molar refractivity (Wildman–Crippen MR) is 83.2 cm³/mol. The summed E-state index contributed by atoms with van der Waals surface area (Å²) in [4.78, 5) is 27.5. The number of aromatic nitrogens is 3. The van der Waals surface area contributed by atoms with E-state index in [2.05, 4.69) is 10.1 Å². The van der Waals surface area contributed by atoms with Gasteiger partial charge in [-0.3, -0.25) is 14.7 Å². The van der Waals surface area contributed by atoms with E-state index in [0.29, 0.717) is 22.8 Å². The average Bonchev–Trinajstić information content (AvgIpc) is 2.92. The van der Waals surface area contributed by atoms with Crippen LogP contribution in [0.4, 0.5) is 0 Å². The highest BCUT2D eigenvalue weighted by atomic mass is 35.5. The quantitative estimate of drug-likeness (QED) is 0.765. The van der Waals surface area contributed by atoms with Crippen LogP contribution in [-0.4, -0.2) is 20.5 Å². The lowest BCUT2D eigenvalue weighted by Gasteiger charge is -2.02. The summed E-state index contributed by atoms with van der Waals surface area (Å²) in [5.41, 5.74) is 7.22. The van der Waals surface area contributed by atoms with E-state index in [9.17, 15) is 9.59 Å². The number of primary amides is 1. The number of aryl methyl sites for hydroxylation is 2. The first-order valence-electron chi connectivity index (χ1n) is 6.69. The van der Waals surface area contributed by atoms with E-state index in [1.54, 1.807) is 0 Å². The second-order valence-corrected chi connectivity index (χ2v) is 5.38. The smallest absolute Gasteiger partial charge is 0.272 e. The van der Waals surface area contributed by atoms with Gasteiger partial charge in [0, 0.05) is 22.8 Å². The molecule has 0 aliphatic heterocycles. The fourth-order valence-corrected chi connectivity index (χ4v) is 2.34. The van der Waals surface area contributed by atoms with E-state index in [4.69, 9.17) is 17.3 Å². The number of hydrogen-bond donors (Lipinski definition) is 2. The van der Waals surface area contributed by atoms with Gasteiger partial charge in [-0.15, -0.1) is 0 Å². The van der Waals surface area contributed by atoms with Gasteiger partial charge in [0.05, 0.1) is 0 Å². The number of halogens is 1. The topological polar surface area (TPSA) is 93.2 Å². The van der Waals surface area contributed by atoms with Gasteiger partial charge < -0.3 is 5.73 Å². The molecule has 0 unspecified atom stereocenters. The highest BCUT2D eigenvalue weighted by Gasteiger charge is 2.09. The van der Waals surface area contributed by atoms with Crippen LogP contribution in [-0.2, 0) is 12.8 Å². The van der Waals surface area contributed by atoms with E-state index in [1.165, 1.54) is 16.6 Å². The van der Waals surface area contributed by atoms with Crippen molar-refractivity contribution < 1.29 is 4.79 Å². The molecule has 0 atom stereocenters. The summed E-state index contributed by atoms with van der Waals surface area (Å²) in [7, 11) is 0. The van der Waals surface area contributed by atoms with Crippen molar-refractivity contribution in [2.45, 2.75) is 12.8 Å². The number of carbonyl (C=O) groups is 1. The number of fused-ring (bicyclic) bond motifs is 1. The third kappa shape index (κ3) is 2.87. The van der Waals surface area contributed by atoms with E-state index in [0.717, 1.165) is 12.0 Å². The number of rotatable bonds is 4. The van der Waals surface area contributed by atoms with Crippen molar-refractivity contribution in [3.8, 4) is 0 Å². The van der Waals surface area contributed by atoms with Crippen molar-refractivity contribution in [3.05, 3.63) is 68.7 Å². The van der Waals surface area contributed by atoms with Gasteiger partial charge in [0.25, 0.3) is 11.5 Å². The van der Waals surface area contributed by atoms with Crippen molar-refractivity contribution in [2.24, 2.45) is 5.73 Å². The van der Waals surface area contributed by atoms with Gasteiger partial charge >= 0.3 is 0 Å². The molecule has 7 heteroatoms. The summed E-state index contributed by atoms with van der Waals surface area (Å²) in [6, 6.07) is 10.4. The van der Waals surface area contributed by atoms with Crippen LogP contribution in [0.25, 0.3) is 5.65 Å². The zero-order valence-corrected chi connectivity index (χ0v) is 12.3. The van der Waals surface area contributed by atoms with E-state index < -0.39 is 5.91 Å². The minimum absolute atomic E-state index is 0.152. The molecular formula is C15H13ClN4O2. The molecule has 0 saturated heterocycles. The van der Waals surface area contributed by atoms with Gasteiger partial charge in [-0.1, -0.05) is 23.7 Å². The molecule has 3 N–H and O–H groups in total. The Morgan fingerprint density at radius 2 is 1.95 bits per heavy atom. The van der Waals surface area contributed by atoms with Crippen LogP contribution in [0.5, 0.6) is 0 Å². The molecule has 0 aliphatic carbocycles. The number of H-pyrrole nitrogens is 1. The van der Waals surface area contributed by atoms with Crippen LogP contribution >= 0.6 is 11.6 Å². The zero-order chi connectivity index (χ0) is 15.7. The van der Waals surface area contributed by atoms with Crippen LogP contribution < -0.4 is 11.3 Å². The van der Waals surface area contributed by atoms with Gasteiger partial charge in [0.1, 0.15) is 5.69 Å². The van der Waals surface area contributed by atoms with E-state index in [-0.39, 0.29) is 11.3 Å². The molecule has 0 aliphatic rings. The molecule has 2 heterocycles. The Hall–Kier alpha value is -2.60. The number of hydrogen-bond acceptors (Lipinski definition) is 3. The number of aromatic amines is 1. The predicted octanol–water partition coefficient (Wildman–Crippen LogP) is 1.56. The van der Waals surface area contributed by atoms with Crippen molar-refractivity contribution in [2.75, 3.05) is 0 Å². The molecule has 0 bridgehead atoms. The first-order chi connectivity index (χ1) is 10.5. The van der Waals surface area contributed by atoms with Crippen molar-refractivity contribution in [3.63, 3.8) is 0 Å². The molecule has 3 aromatic rings. The summed E-state index contributed by atoms with van der Waals surface area (Å²) in [6.07, 6.45) is 1.36. The molecular weight excluding hydrogens is 304 g/mol. The maximum atomic E-state index is 12.0. The number of nitrogens with zero attached hydrogens (tertiary/aromatic N) is 2. The Kier molecular flexibility index (Phi) is 3.68. The van der Waals surface area contributed by atoms with Crippen LogP contribution in [0.15, 0.2) is 41.2 Å². The minimum Gasteiger partial charge on any atom is -0.364 e. The summed E-state index contributed by atoms with van der Waals surface area (Å²) in [5, 5.41) is 3.31. The van der Waals surface area contributed by atoms with E-state index in [1.807, 2.05) is 24.3 Å². The van der Waals surface area contributed by atoms with E-state index >= 15 is 0 Å². The summed E-state index contributed by atoms with van der Waals surface area (Å²) < 4.78 is 1.20. The Bertz CT molecular complexity index is 896. The minimum atomic E-state index is -0.632. The third-order valence-corrected chi connectivity index (χ3v) is 3.60. The lowest BCUT2D eigenvalue weighted by atomic mass is 10.1. The molecule has 0 spiro atoms. The van der Waals surface area contributed by atoms with Crippen LogP contribution in [0.2, 0.25) is 5.02 Å². The zero-order valence-electron chi connectivity index (χ0n) is 11.5. The highest BCUT2D eigenvalue weighted by molar-refractivity contribution is 6.30. The molecule has 0 fully saturated rings. The van der Waals surface area contributed by atoms with Crippen LogP contribution in [0.1, 0.15) is 21.7 Å². The standard InChI is InChI=1S/C15H13ClN4O2/c16-10-4-1-9(2-5-10)3-6-11-7-14(21)20-13(18-11)8-12(19-20)15(17)22/h1-2,4-5,7-8,19H,3,6H2,(H2,17,22). The van der Waals surface area contributed by atoms with Gasteiger partial charge in [-0.2, -0.15) is 0 Å². The average molecular weight is 317 g/mol. The first-order valence-corrected chi connectivity index (χ1v) is 7.07. The summed E-state index contributed by atoms with van der Waals surface area (Å²) in [5.74, 6) is -0.632. The Morgan fingerprint density at radius 3 is 2.64 bits per heavy atom. The fraction of sp³-hybridized carbons (Fsp3) is 0.133. The molecule has 2 aromatic heterocycles. The molecule has 22 heavy (non-hydrogen) atoms. The Balaban J connectivity index is 1.86. The highest BCUT2D eigenvalue weighted by Crippen LogP contribution is 2.11. The normalized spacial score (nSPS) is 11.0. The number of carbonyl (C=O) groups excluding carboxylic acids is 1. The second-order valence-electron chi connectivity index (χ2n) is 4.94. The Morgan fingerprint density at radius 1 is 1.23 bits per heavy atom. The molecule has 6 nitrogen and oxygen atoms in total. The summed E-state index contributed by atoms with van der Waals surface area (Å²) >= 11 is 5.85. The first kappa shape index (κ1) is 14.3. The monoisotopic (exact) mass is 316 g/mol. The number of amides is 1. The molecule has 1 aromatic carbocycles. The maximum absolute atomic E-state index is 12.0. The van der Waals surface area contributed by atoms with Crippen molar-refractivity contribution in [1.82, 2.24) is 14.6 Å². The molecule has 3 rings (SSSR count). The number of nitrogens with one attached hydrogen (secondary N) is 1. The fourth-order valence-electron chi connectivity index (χ4n) is 2.22. The van der Waals surface area contributed by atoms with Crippen LogP contribution in [0, 0.1) is 0 Å². The maximum Gasteiger partial charge on any atom is 0.272 e. The molecule has 1 amide bonds. The van der Waals surface area contributed by atoms with Crippen LogP contribution in [0.3, 0.4) is 0 Å².